The van der Waals surface area contributed by atoms with E-state index in [0.717, 1.165) is 17.1 Å². The predicted molar refractivity (Wildman–Crippen MR) is 96.2 cm³/mol. The van der Waals surface area contributed by atoms with Gasteiger partial charge < -0.3 is 19.2 Å². The van der Waals surface area contributed by atoms with E-state index in [2.05, 4.69) is 10.3 Å². The van der Waals surface area contributed by atoms with Gasteiger partial charge in [-0.15, -0.1) is 0 Å². The molecule has 4 rings (SSSR count). The number of ether oxygens (including phenoxy) is 2. The van der Waals surface area contributed by atoms with Gasteiger partial charge in [0.15, 0.2) is 5.58 Å². The van der Waals surface area contributed by atoms with E-state index in [-0.39, 0.29) is 18.4 Å². The van der Waals surface area contributed by atoms with Gasteiger partial charge in [-0.2, -0.15) is 0 Å². The molecule has 0 bridgehead atoms. The summed E-state index contributed by atoms with van der Waals surface area (Å²) in [4.78, 5) is 17.0. The maximum Gasteiger partial charge on any atom is 0.224 e. The van der Waals surface area contributed by atoms with Crippen molar-refractivity contribution in [3.05, 3.63) is 53.9 Å². The maximum atomic E-state index is 12.6. The summed E-state index contributed by atoms with van der Waals surface area (Å²) in [5, 5.41) is 2.93. The zero-order chi connectivity index (χ0) is 17.9. The number of fused-ring (bicyclic) bond motifs is 2. The molecule has 1 aromatic heterocycles. The molecule has 0 unspecified atom stereocenters. The van der Waals surface area contributed by atoms with Crippen molar-refractivity contribution in [3.63, 3.8) is 0 Å². The molecule has 0 fully saturated rings. The van der Waals surface area contributed by atoms with Crippen LogP contribution >= 0.6 is 0 Å². The van der Waals surface area contributed by atoms with E-state index in [4.69, 9.17) is 13.9 Å². The number of aromatic nitrogens is 1. The quantitative estimate of drug-likeness (QED) is 0.781. The Morgan fingerprint density at radius 1 is 1.31 bits per heavy atom. The normalized spacial score (nSPS) is 16.4. The van der Waals surface area contributed by atoms with Crippen LogP contribution in [0, 0.1) is 5.92 Å². The standard InChI is InChI=1S/C20H20N2O4/c1-24-15-6-7-18-16(11-15)22-19(26-18)12-21-20(23)14-8-9-25-17-5-3-2-4-13(17)10-14/h2-7,11,14H,8-10,12H2,1H3,(H,21,23)/t14-/m0/s1. The summed E-state index contributed by atoms with van der Waals surface area (Å²) in [7, 11) is 1.61. The fourth-order valence-corrected chi connectivity index (χ4v) is 3.18. The molecule has 26 heavy (non-hydrogen) atoms. The number of nitrogens with zero attached hydrogens (tertiary/aromatic N) is 1. The van der Waals surface area contributed by atoms with Crippen LogP contribution < -0.4 is 14.8 Å². The monoisotopic (exact) mass is 352 g/mol. The summed E-state index contributed by atoms with van der Waals surface area (Å²) in [6.07, 6.45) is 1.36. The number of hydrogen-bond donors (Lipinski definition) is 1. The highest BCUT2D eigenvalue weighted by atomic mass is 16.5. The van der Waals surface area contributed by atoms with Gasteiger partial charge in [-0.1, -0.05) is 18.2 Å². The van der Waals surface area contributed by atoms with E-state index < -0.39 is 0 Å². The second kappa shape index (κ2) is 7.07. The molecule has 2 heterocycles. The lowest BCUT2D eigenvalue weighted by molar-refractivity contribution is -0.125. The van der Waals surface area contributed by atoms with Crippen LogP contribution in [-0.2, 0) is 17.8 Å². The molecule has 0 spiro atoms. The number of para-hydroxylation sites is 1. The van der Waals surface area contributed by atoms with Crippen LogP contribution in [0.4, 0.5) is 0 Å². The molecule has 0 aliphatic carbocycles. The van der Waals surface area contributed by atoms with Crippen LogP contribution in [0.2, 0.25) is 0 Å². The molecule has 0 radical (unpaired) electrons. The summed E-state index contributed by atoms with van der Waals surface area (Å²) in [6, 6.07) is 13.3. The number of methoxy groups -OCH3 is 1. The highest BCUT2D eigenvalue weighted by Gasteiger charge is 2.23. The third kappa shape index (κ3) is 3.35. The van der Waals surface area contributed by atoms with Crippen LogP contribution in [0.3, 0.4) is 0 Å². The van der Waals surface area contributed by atoms with Crippen LogP contribution in [0.25, 0.3) is 11.1 Å². The smallest absolute Gasteiger partial charge is 0.224 e. The lowest BCUT2D eigenvalue weighted by Crippen LogP contribution is -2.31. The fraction of sp³-hybridized carbons (Fsp3) is 0.300. The molecule has 6 nitrogen and oxygen atoms in total. The first-order valence-electron chi connectivity index (χ1n) is 8.65. The van der Waals surface area contributed by atoms with Gasteiger partial charge >= 0.3 is 0 Å². The summed E-state index contributed by atoms with van der Waals surface area (Å²) in [6.45, 7) is 0.798. The van der Waals surface area contributed by atoms with Gasteiger partial charge in [0.05, 0.1) is 20.3 Å². The fourth-order valence-electron chi connectivity index (χ4n) is 3.18. The van der Waals surface area contributed by atoms with E-state index in [1.165, 1.54) is 0 Å². The molecule has 1 aliphatic heterocycles. The molecule has 134 valence electrons. The molecular formula is C20H20N2O4. The number of oxazole rings is 1. The third-order valence-corrected chi connectivity index (χ3v) is 4.59. The summed E-state index contributed by atoms with van der Waals surface area (Å²) in [5.41, 5.74) is 2.45. The minimum atomic E-state index is -0.122. The first-order valence-corrected chi connectivity index (χ1v) is 8.65. The van der Waals surface area contributed by atoms with Gasteiger partial charge in [-0.05, 0) is 36.6 Å². The maximum absolute atomic E-state index is 12.6. The first kappa shape index (κ1) is 16.4. The SMILES string of the molecule is COc1ccc2oc(CNC(=O)[C@H]3CCOc4ccccc4C3)nc2c1. The Balaban J connectivity index is 1.42. The van der Waals surface area contributed by atoms with E-state index in [9.17, 15) is 4.79 Å². The van der Waals surface area contributed by atoms with Crippen LogP contribution in [0.15, 0.2) is 46.9 Å². The van der Waals surface area contributed by atoms with E-state index in [1.54, 1.807) is 7.11 Å². The van der Waals surface area contributed by atoms with E-state index in [1.807, 2.05) is 42.5 Å². The van der Waals surface area contributed by atoms with Gasteiger partial charge in [0, 0.05) is 12.0 Å². The molecule has 1 atom stereocenters. The summed E-state index contributed by atoms with van der Waals surface area (Å²) >= 11 is 0. The minimum absolute atomic E-state index is 0.00913. The molecule has 6 heteroatoms. The summed E-state index contributed by atoms with van der Waals surface area (Å²) < 4.78 is 16.6. The van der Waals surface area contributed by atoms with Crippen LogP contribution in [-0.4, -0.2) is 24.6 Å². The highest BCUT2D eigenvalue weighted by Crippen LogP contribution is 2.27. The number of benzene rings is 2. The number of carbonyl (C=O) groups excluding carboxylic acids is 1. The van der Waals surface area contributed by atoms with Crippen molar-refractivity contribution in [2.45, 2.75) is 19.4 Å². The zero-order valence-corrected chi connectivity index (χ0v) is 14.5. The molecule has 1 N–H and O–H groups in total. The average Bonchev–Trinajstić information content (AvgIpc) is 2.95. The lowest BCUT2D eigenvalue weighted by Gasteiger charge is -2.12. The minimum Gasteiger partial charge on any atom is -0.497 e. The van der Waals surface area contributed by atoms with Crippen molar-refractivity contribution in [2.24, 2.45) is 5.92 Å². The number of carbonyl (C=O) groups is 1. The van der Waals surface area contributed by atoms with Gasteiger partial charge in [0.2, 0.25) is 11.8 Å². The van der Waals surface area contributed by atoms with Gasteiger partial charge in [0.1, 0.15) is 17.0 Å². The molecule has 1 amide bonds. The Morgan fingerprint density at radius 2 is 2.19 bits per heavy atom. The zero-order valence-electron chi connectivity index (χ0n) is 14.5. The number of amides is 1. The number of nitrogens with one attached hydrogen (secondary N) is 1. The topological polar surface area (TPSA) is 73.6 Å². The van der Waals surface area contributed by atoms with Crippen molar-refractivity contribution < 1.29 is 18.7 Å². The molecule has 0 saturated heterocycles. The summed E-state index contributed by atoms with van der Waals surface area (Å²) in [5.74, 6) is 1.94. The van der Waals surface area contributed by atoms with Crippen LogP contribution in [0.5, 0.6) is 11.5 Å². The second-order valence-corrected chi connectivity index (χ2v) is 6.30. The average molecular weight is 352 g/mol. The molecule has 2 aromatic carbocycles. The highest BCUT2D eigenvalue weighted by molar-refractivity contribution is 5.79. The predicted octanol–water partition coefficient (Wildman–Crippen LogP) is 3.09. The molecule has 1 aliphatic rings. The Labute approximate surface area is 151 Å². The van der Waals surface area contributed by atoms with E-state index in [0.29, 0.717) is 36.4 Å². The van der Waals surface area contributed by atoms with Gasteiger partial charge in [0.25, 0.3) is 0 Å². The van der Waals surface area contributed by atoms with Crippen LogP contribution in [0.1, 0.15) is 17.9 Å². The van der Waals surface area contributed by atoms with Crippen molar-refractivity contribution >= 4 is 17.0 Å². The van der Waals surface area contributed by atoms with Crippen molar-refractivity contribution in [3.8, 4) is 11.5 Å². The molecular weight excluding hydrogens is 332 g/mol. The Morgan fingerprint density at radius 3 is 3.08 bits per heavy atom. The Kier molecular flexibility index (Phi) is 4.48. The van der Waals surface area contributed by atoms with Crippen molar-refractivity contribution in [1.82, 2.24) is 10.3 Å². The first-order chi connectivity index (χ1) is 12.7. The van der Waals surface area contributed by atoms with E-state index >= 15 is 0 Å². The number of hydrogen-bond acceptors (Lipinski definition) is 5. The largest absolute Gasteiger partial charge is 0.497 e. The van der Waals surface area contributed by atoms with Crippen molar-refractivity contribution in [1.29, 1.82) is 0 Å². The molecule has 0 saturated carbocycles. The second-order valence-electron chi connectivity index (χ2n) is 6.30. The van der Waals surface area contributed by atoms with Gasteiger partial charge in [-0.3, -0.25) is 4.79 Å². The molecule has 3 aromatic rings. The van der Waals surface area contributed by atoms with Crippen molar-refractivity contribution in [2.75, 3.05) is 13.7 Å². The Hall–Kier alpha value is -3.02. The van der Waals surface area contributed by atoms with Gasteiger partial charge in [-0.25, -0.2) is 4.98 Å². The lowest BCUT2D eigenvalue weighted by atomic mass is 9.96. The number of rotatable bonds is 4. The Bertz CT molecular complexity index is 934. The third-order valence-electron chi connectivity index (χ3n) is 4.59.